The molecule has 1 saturated heterocycles. The lowest BCUT2D eigenvalue weighted by molar-refractivity contribution is -0.142. The normalized spacial score (nSPS) is 16.1. The number of esters is 1. The molecule has 3 aliphatic rings. The van der Waals surface area contributed by atoms with Crippen LogP contribution in [0.3, 0.4) is 0 Å². The molecule has 1 spiro atoms. The number of anilines is 1. The molecule has 0 aliphatic carbocycles. The van der Waals surface area contributed by atoms with E-state index in [2.05, 4.69) is 36.1 Å². The van der Waals surface area contributed by atoms with Crippen molar-refractivity contribution in [3.8, 4) is 28.7 Å². The van der Waals surface area contributed by atoms with Crippen LogP contribution in [-0.4, -0.2) is 116 Å². The molecule has 3 amide bonds. The van der Waals surface area contributed by atoms with Gasteiger partial charge >= 0.3 is 17.6 Å². The third kappa shape index (κ3) is 10.9. The number of ether oxygens (including phenoxy) is 2. The van der Waals surface area contributed by atoms with Crippen LogP contribution in [-0.2, 0) is 34.7 Å². The highest BCUT2D eigenvalue weighted by atomic mass is 32.2. The average Bonchev–Trinajstić information content (AvgIpc) is 4.18. The number of aromatic nitrogens is 3. The Morgan fingerprint density at radius 2 is 1.50 bits per heavy atom. The van der Waals surface area contributed by atoms with Gasteiger partial charge in [-0.2, -0.15) is 9.78 Å². The Hall–Kier alpha value is -9.46. The molecule has 0 bridgehead atoms. The SMILES string of the molecule is O=C(CCNS(=O)(=O)c1ccc2ccccc2c1)N[C@@H]1C[C@@H](C(=O)N[C@H](CCCCNC(=S)Nc2ccc3c(c2)C(=O)OC32c3ccc(O)cc3Oc3cc(O)ccc32)C(=O)O)N(C(=O)c2nn(-c3ccccc3)c(=O)[nH]c2=O)C1. The number of carboxylic acid groups (broad SMARTS) is 1. The number of rotatable bonds is 17. The minimum absolute atomic E-state index is 0.00642. The van der Waals surface area contributed by atoms with E-state index >= 15 is 0 Å². The topological polar surface area (TPSA) is 330 Å². The summed E-state index contributed by atoms with van der Waals surface area (Å²) in [6.07, 6.45) is -0.0588. The number of amides is 3. The summed E-state index contributed by atoms with van der Waals surface area (Å²) in [5.41, 5.74) is -2.05. The molecular formula is C55H49N9O14S2. The van der Waals surface area contributed by atoms with Gasteiger partial charge in [-0.25, -0.2) is 27.5 Å². The number of aromatic amines is 1. The molecule has 25 heteroatoms. The number of phenols is 2. The van der Waals surface area contributed by atoms with Gasteiger partial charge in [0.2, 0.25) is 27.5 Å². The maximum absolute atomic E-state index is 14.3. The number of carboxylic acids is 1. The zero-order valence-corrected chi connectivity index (χ0v) is 43.6. The van der Waals surface area contributed by atoms with Crippen LogP contribution in [0.4, 0.5) is 5.69 Å². The summed E-state index contributed by atoms with van der Waals surface area (Å²) in [6, 6.07) is 29.7. The Morgan fingerprint density at radius 3 is 2.21 bits per heavy atom. The van der Waals surface area contributed by atoms with Gasteiger partial charge in [0, 0.05) is 66.6 Å². The second-order valence-electron chi connectivity index (χ2n) is 19.1. The first-order valence-electron chi connectivity index (χ1n) is 25.1. The largest absolute Gasteiger partial charge is 0.508 e. The first-order valence-corrected chi connectivity index (χ1v) is 27.0. The third-order valence-electron chi connectivity index (χ3n) is 13.8. The van der Waals surface area contributed by atoms with Gasteiger partial charge in [-0.3, -0.25) is 24.2 Å². The zero-order valence-electron chi connectivity index (χ0n) is 42.0. The summed E-state index contributed by atoms with van der Waals surface area (Å²) in [4.78, 5) is 96.8. The molecular weight excluding hydrogens is 1070 g/mol. The Morgan fingerprint density at radius 1 is 0.812 bits per heavy atom. The fourth-order valence-corrected chi connectivity index (χ4v) is 11.3. The predicted molar refractivity (Wildman–Crippen MR) is 291 cm³/mol. The van der Waals surface area contributed by atoms with Crippen LogP contribution >= 0.6 is 12.2 Å². The molecule has 80 heavy (non-hydrogen) atoms. The highest BCUT2D eigenvalue weighted by Crippen LogP contribution is 2.57. The van der Waals surface area contributed by atoms with Crippen LogP contribution in [0.5, 0.6) is 23.0 Å². The van der Waals surface area contributed by atoms with E-state index in [1.54, 1.807) is 66.7 Å². The molecule has 9 N–H and O–H groups in total. The van der Waals surface area contributed by atoms with Crippen molar-refractivity contribution in [1.29, 1.82) is 0 Å². The van der Waals surface area contributed by atoms with Crippen LogP contribution in [0.15, 0.2) is 142 Å². The molecule has 10 rings (SSSR count). The van der Waals surface area contributed by atoms with Crippen LogP contribution < -0.4 is 42.0 Å². The monoisotopic (exact) mass is 1120 g/mol. The molecule has 0 radical (unpaired) electrons. The van der Waals surface area contributed by atoms with Crippen molar-refractivity contribution in [2.24, 2.45) is 0 Å². The van der Waals surface area contributed by atoms with E-state index in [4.69, 9.17) is 21.7 Å². The molecule has 1 aromatic heterocycles. The Balaban J connectivity index is 0.769. The van der Waals surface area contributed by atoms with Gasteiger partial charge in [0.15, 0.2) is 10.7 Å². The van der Waals surface area contributed by atoms with Crippen LogP contribution in [0.25, 0.3) is 16.5 Å². The van der Waals surface area contributed by atoms with Gasteiger partial charge in [-0.05, 0) is 109 Å². The van der Waals surface area contributed by atoms with Crippen LogP contribution in [0.2, 0.25) is 0 Å². The van der Waals surface area contributed by atoms with Crippen molar-refractivity contribution in [2.75, 3.05) is 25.0 Å². The minimum Gasteiger partial charge on any atom is -0.508 e. The standard InChI is InChI=1S/C55H49N9O14S2/c65-35-15-19-40-44(27-35)77-45-28-36(66)16-20-41(45)55(40)39-18-14-32(25-38(39)52(73)78-55)59-53(79)56-22-7-6-12-42(51(71)72)60-48(68)43-26-33(29-63(43)50(70)47-49(69)61-54(74)64(62-47)34-10-2-1-3-11-34)58-46(67)21-23-57-80(75,76)37-17-13-30-8-4-5-9-31(30)24-37/h1-5,8-11,13-20,24-25,27-28,33,42-43,57,65-66H,6-7,12,21-23,26,29H2,(H,58,67)(H,60,68)(H,71,72)(H2,56,59,79)(H,61,69,74)/t33-,42-,43+/m1/s1. The molecule has 7 aromatic rings. The molecule has 3 aliphatic heterocycles. The second-order valence-corrected chi connectivity index (χ2v) is 21.2. The van der Waals surface area contributed by atoms with Gasteiger partial charge in [-0.15, -0.1) is 0 Å². The molecule has 0 saturated carbocycles. The number of phenolic OH excluding ortho intramolecular Hbond substituents is 2. The number of aliphatic carboxylic acids is 1. The minimum atomic E-state index is -4.03. The van der Waals surface area contributed by atoms with Crippen molar-refractivity contribution in [1.82, 2.24) is 40.3 Å². The van der Waals surface area contributed by atoms with E-state index < -0.39 is 80.4 Å². The summed E-state index contributed by atoms with van der Waals surface area (Å²) >= 11 is 5.54. The predicted octanol–water partition coefficient (Wildman–Crippen LogP) is 3.85. The highest BCUT2D eigenvalue weighted by Gasteiger charge is 2.54. The lowest BCUT2D eigenvalue weighted by Crippen LogP contribution is -2.52. The van der Waals surface area contributed by atoms with Crippen molar-refractivity contribution < 1.29 is 57.2 Å². The number of para-hydroxylation sites is 1. The number of thiocarbonyl (C=S) groups is 1. The number of nitrogens with one attached hydrogen (secondary N) is 6. The number of nitrogens with zero attached hydrogens (tertiary/aromatic N) is 3. The van der Waals surface area contributed by atoms with E-state index in [0.29, 0.717) is 34.2 Å². The molecule has 410 valence electrons. The second kappa shape index (κ2) is 22.1. The summed E-state index contributed by atoms with van der Waals surface area (Å²) in [6.45, 7) is -0.418. The maximum Gasteiger partial charge on any atom is 0.349 e. The summed E-state index contributed by atoms with van der Waals surface area (Å²) in [7, 11) is -4.03. The highest BCUT2D eigenvalue weighted by molar-refractivity contribution is 7.89. The van der Waals surface area contributed by atoms with Crippen molar-refractivity contribution in [3.05, 3.63) is 176 Å². The number of likely N-dealkylation sites (tertiary alicyclic amines) is 1. The molecule has 0 unspecified atom stereocenters. The summed E-state index contributed by atoms with van der Waals surface area (Å²) in [5, 5.41) is 47.7. The third-order valence-corrected chi connectivity index (χ3v) is 15.5. The lowest BCUT2D eigenvalue weighted by Gasteiger charge is -2.36. The van der Waals surface area contributed by atoms with Crippen molar-refractivity contribution >= 4 is 73.5 Å². The number of H-pyrrole nitrogens is 1. The first kappa shape index (κ1) is 53.9. The van der Waals surface area contributed by atoms with Gasteiger partial charge in [0.25, 0.3) is 11.5 Å². The number of unbranched alkanes of at least 4 members (excludes halogenated alkanes) is 1. The Bertz CT molecular complexity index is 3860. The quantitative estimate of drug-likeness (QED) is 0.0355. The molecule has 6 aromatic carbocycles. The van der Waals surface area contributed by atoms with E-state index in [0.717, 1.165) is 15.0 Å². The fourth-order valence-electron chi connectivity index (χ4n) is 10.0. The van der Waals surface area contributed by atoms with Gasteiger partial charge in [0.1, 0.15) is 35.1 Å². The Kier molecular flexibility index (Phi) is 14.9. The number of hydrogen-bond donors (Lipinski definition) is 9. The number of benzene rings is 6. The average molecular weight is 1120 g/mol. The fraction of sp³-hybridized carbons (Fsp3) is 0.218. The smallest absolute Gasteiger partial charge is 0.349 e. The van der Waals surface area contributed by atoms with Gasteiger partial charge in [0.05, 0.1) is 16.1 Å². The van der Waals surface area contributed by atoms with Crippen molar-refractivity contribution in [3.63, 3.8) is 0 Å². The summed E-state index contributed by atoms with van der Waals surface area (Å²) < 4.78 is 41.6. The number of sulfonamides is 1. The van der Waals surface area contributed by atoms with E-state index in [1.165, 1.54) is 48.5 Å². The number of aromatic hydroxyl groups is 2. The number of carbonyl (C=O) groups is 5. The van der Waals surface area contributed by atoms with Gasteiger partial charge < -0.3 is 51.0 Å². The van der Waals surface area contributed by atoms with Crippen LogP contribution in [0.1, 0.15) is 69.6 Å². The van der Waals surface area contributed by atoms with Crippen LogP contribution in [0, 0.1) is 0 Å². The molecule has 23 nitrogen and oxygen atoms in total. The number of carbonyl (C=O) groups excluding carboxylic acids is 4. The van der Waals surface area contributed by atoms with E-state index in [-0.39, 0.29) is 89.6 Å². The van der Waals surface area contributed by atoms with E-state index in [9.17, 15) is 57.3 Å². The van der Waals surface area contributed by atoms with Gasteiger partial charge in [-0.1, -0.05) is 54.6 Å². The number of hydrogen-bond acceptors (Lipinski definition) is 15. The number of fused-ring (bicyclic) bond motifs is 7. The zero-order chi connectivity index (χ0) is 56.5. The van der Waals surface area contributed by atoms with Crippen molar-refractivity contribution in [2.45, 2.75) is 60.7 Å². The molecule has 1 fully saturated rings. The Labute approximate surface area is 459 Å². The summed E-state index contributed by atoms with van der Waals surface area (Å²) in [5.74, 6) is -4.39. The molecule has 3 atom stereocenters. The van der Waals surface area contributed by atoms with E-state index in [1.807, 2.05) is 12.1 Å². The first-order chi connectivity index (χ1) is 38.4. The maximum atomic E-state index is 14.3. The lowest BCUT2D eigenvalue weighted by atomic mass is 9.77. The molecule has 4 heterocycles.